The molecule has 36 heavy (non-hydrogen) atoms. The van der Waals surface area contributed by atoms with Crippen LogP contribution in [0.4, 0.5) is 0 Å². The van der Waals surface area contributed by atoms with Crippen molar-refractivity contribution in [2.45, 2.75) is 121 Å². The van der Waals surface area contributed by atoms with Crippen LogP contribution in [-0.2, 0) is 14.3 Å². The third-order valence-electron chi connectivity index (χ3n) is 11.7. The van der Waals surface area contributed by atoms with Crippen molar-refractivity contribution in [2.24, 2.45) is 40.4 Å². The van der Waals surface area contributed by atoms with Gasteiger partial charge in [-0.05, 0) is 98.7 Å². The van der Waals surface area contributed by atoms with Crippen molar-refractivity contribution in [1.29, 1.82) is 0 Å². The smallest absolute Gasteiger partial charge is 0.547 e. The van der Waals surface area contributed by atoms with E-state index in [1.807, 2.05) is 6.92 Å². The van der Waals surface area contributed by atoms with Crippen molar-refractivity contribution in [3.8, 4) is 0 Å². The number of ether oxygens (including phenoxy) is 2. The van der Waals surface area contributed by atoms with Crippen LogP contribution in [0.5, 0.6) is 0 Å². The first-order chi connectivity index (χ1) is 16.3. The molecule has 0 aromatic rings. The van der Waals surface area contributed by atoms with Crippen LogP contribution in [0.3, 0.4) is 0 Å². The van der Waals surface area contributed by atoms with Crippen LogP contribution in [0, 0.1) is 40.4 Å². The Balaban J connectivity index is 0.00000304. The van der Waals surface area contributed by atoms with Gasteiger partial charge in [0.05, 0.1) is 17.7 Å². The number of carbonyl (C=O) groups excluding carboxylic acids is 1. The molecule has 200 valence electrons. The van der Waals surface area contributed by atoms with Crippen LogP contribution in [0.25, 0.3) is 0 Å². The molecule has 5 fully saturated rings. The summed E-state index contributed by atoms with van der Waals surface area (Å²) in [6.45, 7) is 9.16. The molecule has 5 unspecified atom stereocenters. The van der Waals surface area contributed by atoms with Crippen LogP contribution in [-0.4, -0.2) is 68.8 Å². The Morgan fingerprint density at radius 3 is 2.28 bits per heavy atom. The van der Waals surface area contributed by atoms with Gasteiger partial charge in [-0.2, -0.15) is 0 Å². The summed E-state index contributed by atoms with van der Waals surface area (Å²) in [5, 5.41) is 53.0. The van der Waals surface area contributed by atoms with Crippen molar-refractivity contribution < 1.29 is 69.4 Å². The molecule has 0 aromatic carbocycles. The summed E-state index contributed by atoms with van der Waals surface area (Å²) in [4.78, 5) is 11.3. The van der Waals surface area contributed by atoms with Crippen molar-refractivity contribution >= 4 is 5.97 Å². The third kappa shape index (κ3) is 4.35. The molecule has 4 saturated carbocycles. The summed E-state index contributed by atoms with van der Waals surface area (Å²) in [5.41, 5.74) is -0.419. The van der Waals surface area contributed by atoms with E-state index in [4.69, 9.17) is 9.47 Å². The Bertz CT molecular complexity index is 839. The first-order valence-corrected chi connectivity index (χ1v) is 13.6. The summed E-state index contributed by atoms with van der Waals surface area (Å²) >= 11 is 0. The van der Waals surface area contributed by atoms with E-state index in [0.29, 0.717) is 29.6 Å². The van der Waals surface area contributed by atoms with Crippen LogP contribution in [0.1, 0.15) is 79.1 Å². The summed E-state index contributed by atoms with van der Waals surface area (Å²) in [6.07, 6.45) is -0.450. The number of carboxylic acids is 1. The summed E-state index contributed by atoms with van der Waals surface area (Å²) in [5.74, 6) is 1.13. The zero-order valence-electron chi connectivity index (χ0n) is 22.4. The molecule has 1 heterocycles. The Labute approximate surface area is 236 Å². The number of aliphatic hydroxyl groups excluding tert-OH is 3. The summed E-state index contributed by atoms with van der Waals surface area (Å²) in [7, 11) is 0. The van der Waals surface area contributed by atoms with E-state index in [1.165, 1.54) is 0 Å². The number of aliphatic hydroxyl groups is 4. The molecule has 0 bridgehead atoms. The van der Waals surface area contributed by atoms with E-state index in [1.54, 1.807) is 0 Å². The molecule has 1 saturated heterocycles. The van der Waals surface area contributed by atoms with Gasteiger partial charge in [0.2, 0.25) is 0 Å². The van der Waals surface area contributed by atoms with Gasteiger partial charge in [0.1, 0.15) is 24.4 Å². The number of carbonyl (C=O) groups is 1. The van der Waals surface area contributed by atoms with E-state index in [9.17, 15) is 30.3 Å². The maximum atomic E-state index is 11.3. The second-order valence-corrected chi connectivity index (χ2v) is 13.2. The van der Waals surface area contributed by atoms with Gasteiger partial charge in [-0.1, -0.05) is 20.8 Å². The van der Waals surface area contributed by atoms with Crippen LogP contribution in [0.2, 0.25) is 0 Å². The monoisotopic (exact) mass is 518 g/mol. The molecular weight excluding hydrogens is 475 g/mol. The molecule has 0 amide bonds. The zero-order valence-corrected chi connectivity index (χ0v) is 24.4. The largest absolute Gasteiger partial charge is 1.00 e. The fraction of sp³-hybridized carbons (Fsp3) is 0.963. The second-order valence-electron chi connectivity index (χ2n) is 13.2. The fourth-order valence-corrected chi connectivity index (χ4v) is 9.31. The number of hydrogen-bond acceptors (Lipinski definition) is 8. The zero-order chi connectivity index (χ0) is 25.5. The van der Waals surface area contributed by atoms with Gasteiger partial charge < -0.3 is 39.8 Å². The molecule has 5 rings (SSSR count). The van der Waals surface area contributed by atoms with Gasteiger partial charge in [0, 0.05) is 0 Å². The summed E-state index contributed by atoms with van der Waals surface area (Å²) in [6, 6.07) is 0. The van der Waals surface area contributed by atoms with Gasteiger partial charge in [-0.3, -0.25) is 0 Å². The number of carboxylic acid groups (broad SMARTS) is 1. The minimum absolute atomic E-state index is 0. The molecule has 1 aliphatic heterocycles. The average molecular weight is 519 g/mol. The molecule has 14 atom stereocenters. The standard InChI is InChI=1S/C27H44O8.Na/c1-13-11-14-12-15(34-24-21(30)19(28)20(29)22(35-24)23(31)32)5-8-25(14,2)16-6-9-26(3)17(18(13)16)7-10-27(26,4)33;/h13-22,24,28-30,33H,5-12H2,1-4H3,(H,31,32);/q;+1/p-1/t13-,14+,15+,16?,17?,18?,19+,20-,21?,22?,24+,25-,26-,27-;/m0./s1. The molecule has 9 heteroatoms. The Morgan fingerprint density at radius 1 is 0.944 bits per heavy atom. The van der Waals surface area contributed by atoms with E-state index in [2.05, 4.69) is 20.8 Å². The fourth-order valence-electron chi connectivity index (χ4n) is 9.31. The first kappa shape index (κ1) is 29.2. The minimum atomic E-state index is -1.77. The topological polar surface area (TPSA) is 140 Å². The quantitative estimate of drug-likeness (QED) is 0.248. The molecule has 5 aliphatic rings. The van der Waals surface area contributed by atoms with Crippen molar-refractivity contribution in [1.82, 2.24) is 0 Å². The van der Waals surface area contributed by atoms with Gasteiger partial charge in [0.25, 0.3) is 0 Å². The van der Waals surface area contributed by atoms with E-state index < -0.39 is 42.3 Å². The van der Waals surface area contributed by atoms with E-state index in [-0.39, 0.29) is 46.5 Å². The normalized spacial score (nSPS) is 56.6. The molecule has 0 radical (unpaired) electrons. The van der Waals surface area contributed by atoms with Crippen LogP contribution in [0.15, 0.2) is 0 Å². The minimum Gasteiger partial charge on any atom is -0.547 e. The van der Waals surface area contributed by atoms with Gasteiger partial charge >= 0.3 is 29.6 Å². The van der Waals surface area contributed by atoms with Crippen LogP contribution >= 0.6 is 0 Å². The molecule has 0 spiro atoms. The number of aliphatic carboxylic acids is 1. The maximum Gasteiger partial charge on any atom is 1.00 e. The molecule has 4 aliphatic carbocycles. The molecule has 0 aromatic heterocycles. The third-order valence-corrected chi connectivity index (χ3v) is 11.7. The van der Waals surface area contributed by atoms with Gasteiger partial charge in [0.15, 0.2) is 6.29 Å². The average Bonchev–Trinajstić information content (AvgIpc) is 3.04. The Morgan fingerprint density at radius 2 is 1.61 bits per heavy atom. The van der Waals surface area contributed by atoms with Crippen molar-refractivity contribution in [3.05, 3.63) is 0 Å². The predicted octanol–water partition coefficient (Wildman–Crippen LogP) is -2.03. The second kappa shape index (κ2) is 10.0. The van der Waals surface area contributed by atoms with Crippen LogP contribution < -0.4 is 34.7 Å². The van der Waals surface area contributed by atoms with E-state index in [0.717, 1.165) is 51.4 Å². The Kier molecular flexibility index (Phi) is 8.12. The van der Waals surface area contributed by atoms with Crippen molar-refractivity contribution in [3.63, 3.8) is 0 Å². The predicted molar refractivity (Wildman–Crippen MR) is 123 cm³/mol. The maximum absolute atomic E-state index is 11.3. The molecular formula is C27H43NaO8. The Hall–Kier alpha value is 0.230. The number of rotatable bonds is 3. The number of fused-ring (bicyclic) bond motifs is 5. The van der Waals surface area contributed by atoms with Gasteiger partial charge in [-0.25, -0.2) is 0 Å². The van der Waals surface area contributed by atoms with Crippen molar-refractivity contribution in [2.75, 3.05) is 0 Å². The van der Waals surface area contributed by atoms with E-state index >= 15 is 0 Å². The first-order valence-electron chi connectivity index (χ1n) is 13.6. The molecule has 4 N–H and O–H groups in total. The number of hydrogen-bond donors (Lipinski definition) is 4. The van der Waals surface area contributed by atoms with Gasteiger partial charge in [-0.15, -0.1) is 0 Å². The summed E-state index contributed by atoms with van der Waals surface area (Å²) < 4.78 is 11.4. The SMILES string of the molecule is C[C@H]1C[C@@H]2C[C@H](O[C@@H]3OC(C(=O)[O-])[C@@H](O)[C@@H](O)C3O)CC[C@]2(C)C2CC[C@@]3(C)C(CC[C@]3(C)O)C21.[Na+]. The molecule has 8 nitrogen and oxygen atoms in total.